The Labute approximate surface area is 236 Å². The first-order chi connectivity index (χ1) is 18.6. The second-order valence-electron chi connectivity index (χ2n) is 9.50. The van der Waals surface area contributed by atoms with E-state index in [9.17, 15) is 18.0 Å². The van der Waals surface area contributed by atoms with Crippen LogP contribution < -0.4 is 9.62 Å². The Morgan fingerprint density at radius 3 is 2.05 bits per heavy atom. The SMILES string of the molecule is CCCNC(=O)[C@@H](CC)N(Cc1ccc(C)cc1)C(=O)CN(c1ccccc1Cl)S(=O)(=O)c1ccc(C)cc1. The molecular formula is C30H36ClN3O4S. The number of sulfonamides is 1. The molecule has 0 spiro atoms. The van der Waals surface area contributed by atoms with Gasteiger partial charge in [-0.1, -0.05) is 85.1 Å². The molecule has 0 aliphatic rings. The topological polar surface area (TPSA) is 86.8 Å². The minimum atomic E-state index is -4.17. The Morgan fingerprint density at radius 1 is 0.897 bits per heavy atom. The Morgan fingerprint density at radius 2 is 1.49 bits per heavy atom. The lowest BCUT2D eigenvalue weighted by Crippen LogP contribution is -2.52. The monoisotopic (exact) mass is 569 g/mol. The highest BCUT2D eigenvalue weighted by Crippen LogP contribution is 2.31. The molecule has 0 aliphatic carbocycles. The number of anilines is 1. The zero-order valence-electron chi connectivity index (χ0n) is 22.9. The smallest absolute Gasteiger partial charge is 0.264 e. The number of hydrogen-bond acceptors (Lipinski definition) is 4. The molecule has 0 aromatic heterocycles. The van der Waals surface area contributed by atoms with Gasteiger partial charge in [0.2, 0.25) is 11.8 Å². The van der Waals surface area contributed by atoms with Crippen LogP contribution in [0.2, 0.25) is 5.02 Å². The number of nitrogens with zero attached hydrogens (tertiary/aromatic N) is 2. The van der Waals surface area contributed by atoms with E-state index < -0.39 is 28.5 Å². The standard InChI is InChI=1S/C30H36ClN3O4S/c1-5-19-32-30(36)27(6-2)33(20-24-15-11-22(3)12-16-24)29(35)21-34(28-10-8-7-9-26(28)31)39(37,38)25-17-13-23(4)14-18-25/h7-18,27H,5-6,19-21H2,1-4H3,(H,32,36)/t27-/m1/s1. The number of nitrogens with one attached hydrogen (secondary N) is 1. The first-order valence-electron chi connectivity index (χ1n) is 13.0. The Kier molecular flexibility index (Phi) is 10.5. The largest absolute Gasteiger partial charge is 0.354 e. The maximum atomic E-state index is 14.0. The van der Waals surface area contributed by atoms with Crippen LogP contribution in [-0.2, 0) is 26.2 Å². The van der Waals surface area contributed by atoms with Crippen LogP contribution in [0.4, 0.5) is 5.69 Å². The van der Waals surface area contributed by atoms with E-state index in [1.54, 1.807) is 36.4 Å². The van der Waals surface area contributed by atoms with Crippen molar-refractivity contribution in [1.82, 2.24) is 10.2 Å². The third-order valence-electron chi connectivity index (χ3n) is 6.42. The molecule has 9 heteroatoms. The summed E-state index contributed by atoms with van der Waals surface area (Å²) >= 11 is 6.45. The molecule has 0 saturated heterocycles. The molecule has 3 rings (SSSR count). The maximum Gasteiger partial charge on any atom is 0.264 e. The predicted octanol–water partition coefficient (Wildman–Crippen LogP) is 5.49. The predicted molar refractivity (Wildman–Crippen MR) is 156 cm³/mol. The molecule has 0 saturated carbocycles. The van der Waals surface area contributed by atoms with Gasteiger partial charge in [0.15, 0.2) is 0 Å². The maximum absolute atomic E-state index is 14.0. The number of hydrogen-bond donors (Lipinski definition) is 1. The average molecular weight is 570 g/mol. The van der Waals surface area contributed by atoms with Gasteiger partial charge in [0.1, 0.15) is 12.6 Å². The Bertz CT molecular complexity index is 1380. The van der Waals surface area contributed by atoms with Gasteiger partial charge in [0.05, 0.1) is 15.6 Å². The van der Waals surface area contributed by atoms with Crippen LogP contribution in [0, 0.1) is 13.8 Å². The quantitative estimate of drug-likeness (QED) is 0.313. The summed E-state index contributed by atoms with van der Waals surface area (Å²) in [4.78, 5) is 28.6. The van der Waals surface area contributed by atoms with Crippen molar-refractivity contribution < 1.29 is 18.0 Å². The summed E-state index contributed by atoms with van der Waals surface area (Å²) in [6.45, 7) is 7.73. The number of halogens is 1. The van der Waals surface area contributed by atoms with Crippen LogP contribution in [-0.4, -0.2) is 44.3 Å². The lowest BCUT2D eigenvalue weighted by Gasteiger charge is -2.33. The summed E-state index contributed by atoms with van der Waals surface area (Å²) in [7, 11) is -4.17. The lowest BCUT2D eigenvalue weighted by molar-refractivity contribution is -0.140. The molecule has 3 aromatic rings. The van der Waals surface area contributed by atoms with Crippen LogP contribution in [0.25, 0.3) is 0 Å². The van der Waals surface area contributed by atoms with Gasteiger partial charge < -0.3 is 10.2 Å². The van der Waals surface area contributed by atoms with Crippen LogP contribution in [0.1, 0.15) is 43.4 Å². The van der Waals surface area contributed by atoms with Crippen molar-refractivity contribution in [3.05, 3.63) is 94.5 Å². The van der Waals surface area contributed by atoms with E-state index in [2.05, 4.69) is 5.32 Å². The van der Waals surface area contributed by atoms with Crippen LogP contribution in [0.3, 0.4) is 0 Å². The molecule has 3 aromatic carbocycles. The number of rotatable bonds is 12. The summed E-state index contributed by atoms with van der Waals surface area (Å²) in [6, 6.07) is 19.8. The first kappa shape index (κ1) is 30.2. The van der Waals surface area contributed by atoms with Crippen molar-refractivity contribution in [2.24, 2.45) is 0 Å². The highest BCUT2D eigenvalue weighted by molar-refractivity contribution is 7.92. The average Bonchev–Trinajstić information content (AvgIpc) is 2.92. The van der Waals surface area contributed by atoms with Crippen LogP contribution in [0.5, 0.6) is 0 Å². The van der Waals surface area contributed by atoms with Crippen molar-refractivity contribution in [2.45, 2.75) is 58.0 Å². The summed E-state index contributed by atoms with van der Waals surface area (Å²) in [5, 5.41) is 3.08. The van der Waals surface area contributed by atoms with Crippen molar-refractivity contribution in [3.63, 3.8) is 0 Å². The normalized spacial score (nSPS) is 12.0. The number of carbonyl (C=O) groups excluding carboxylic acids is 2. The van der Waals surface area contributed by atoms with E-state index in [1.165, 1.54) is 17.0 Å². The number of benzene rings is 3. The van der Waals surface area contributed by atoms with E-state index >= 15 is 0 Å². The molecule has 0 heterocycles. The Balaban J connectivity index is 2.05. The third-order valence-corrected chi connectivity index (χ3v) is 8.51. The molecule has 0 unspecified atom stereocenters. The second kappa shape index (κ2) is 13.6. The minimum Gasteiger partial charge on any atom is -0.354 e. The molecule has 208 valence electrons. The zero-order chi connectivity index (χ0) is 28.6. The summed E-state index contributed by atoms with van der Waals surface area (Å²) in [5.41, 5.74) is 2.99. The first-order valence-corrected chi connectivity index (χ1v) is 14.9. The molecule has 2 amide bonds. The third kappa shape index (κ3) is 7.61. The molecule has 0 fully saturated rings. The van der Waals surface area contributed by atoms with Gasteiger partial charge in [0, 0.05) is 13.1 Å². The molecule has 0 bridgehead atoms. The molecule has 0 radical (unpaired) electrons. The van der Waals surface area contributed by atoms with Gasteiger partial charge in [0.25, 0.3) is 10.0 Å². The van der Waals surface area contributed by atoms with Crippen molar-refractivity contribution in [1.29, 1.82) is 0 Å². The summed E-state index contributed by atoms with van der Waals surface area (Å²) in [5.74, 6) is -0.782. The molecule has 1 N–H and O–H groups in total. The van der Waals surface area contributed by atoms with Gasteiger partial charge in [-0.15, -0.1) is 0 Å². The van der Waals surface area contributed by atoms with Crippen LogP contribution >= 0.6 is 11.6 Å². The lowest BCUT2D eigenvalue weighted by atomic mass is 10.1. The molecular weight excluding hydrogens is 534 g/mol. The van der Waals surface area contributed by atoms with Gasteiger partial charge in [-0.2, -0.15) is 0 Å². The van der Waals surface area contributed by atoms with Crippen LogP contribution in [0.15, 0.2) is 77.7 Å². The number of aryl methyl sites for hydroxylation is 2. The highest BCUT2D eigenvalue weighted by atomic mass is 35.5. The number of amides is 2. The van der Waals surface area contributed by atoms with Gasteiger partial charge in [-0.05, 0) is 56.5 Å². The van der Waals surface area contributed by atoms with Crippen molar-refractivity contribution in [3.8, 4) is 0 Å². The van der Waals surface area contributed by atoms with Crippen molar-refractivity contribution >= 4 is 39.1 Å². The summed E-state index contributed by atoms with van der Waals surface area (Å²) < 4.78 is 28.8. The Hall–Kier alpha value is -3.36. The fraction of sp³-hybridized carbons (Fsp3) is 0.333. The highest BCUT2D eigenvalue weighted by Gasteiger charge is 2.34. The number of carbonyl (C=O) groups is 2. The fourth-order valence-electron chi connectivity index (χ4n) is 4.18. The second-order valence-corrected chi connectivity index (χ2v) is 11.8. The van der Waals surface area contributed by atoms with E-state index in [1.807, 2.05) is 52.0 Å². The van der Waals surface area contributed by atoms with E-state index in [-0.39, 0.29) is 28.1 Å². The molecule has 1 atom stereocenters. The molecule has 39 heavy (non-hydrogen) atoms. The van der Waals surface area contributed by atoms with E-state index in [0.717, 1.165) is 27.4 Å². The van der Waals surface area contributed by atoms with Gasteiger partial charge in [-0.25, -0.2) is 8.42 Å². The van der Waals surface area contributed by atoms with Crippen molar-refractivity contribution in [2.75, 3.05) is 17.4 Å². The summed E-state index contributed by atoms with van der Waals surface area (Å²) in [6.07, 6.45) is 1.12. The minimum absolute atomic E-state index is 0.0404. The van der Waals surface area contributed by atoms with E-state index in [4.69, 9.17) is 11.6 Å². The van der Waals surface area contributed by atoms with E-state index in [0.29, 0.717) is 13.0 Å². The number of para-hydroxylation sites is 1. The zero-order valence-corrected chi connectivity index (χ0v) is 24.4. The van der Waals surface area contributed by atoms with Gasteiger partial charge in [-0.3, -0.25) is 13.9 Å². The fourth-order valence-corrected chi connectivity index (χ4v) is 5.90. The molecule has 7 nitrogen and oxygen atoms in total. The van der Waals surface area contributed by atoms with Gasteiger partial charge >= 0.3 is 0 Å². The molecule has 0 aliphatic heterocycles.